The number of aliphatic hydroxyl groups excluding tert-OH is 2. The monoisotopic (exact) mass is 277 g/mol. The zero-order valence-corrected chi connectivity index (χ0v) is 13.4. The molecule has 0 aliphatic rings. The molecule has 0 atom stereocenters. The van der Waals surface area contributed by atoms with E-state index in [1.54, 1.807) is 34.6 Å². The van der Waals surface area contributed by atoms with Gasteiger partial charge in [0.1, 0.15) is 12.2 Å². The Morgan fingerprint density at radius 2 is 1.33 bits per heavy atom. The van der Waals surface area contributed by atoms with Crippen molar-refractivity contribution in [1.82, 2.24) is 0 Å². The number of esters is 1. The van der Waals surface area contributed by atoms with Crippen molar-refractivity contribution in [2.45, 2.75) is 60.2 Å². The minimum absolute atomic E-state index is 0. The second-order valence-electron chi connectivity index (χ2n) is 3.87. The molecule has 0 aromatic heterocycles. The molecule has 0 heterocycles. The second-order valence-corrected chi connectivity index (χ2v) is 3.87. The molecule has 0 unspecified atom stereocenters. The Morgan fingerprint density at radius 1 is 1.06 bits per heavy atom. The van der Waals surface area contributed by atoms with Crippen LogP contribution in [0, 0.1) is 0 Å². The van der Waals surface area contributed by atoms with Crippen LogP contribution in [0.5, 0.6) is 0 Å². The van der Waals surface area contributed by atoms with E-state index in [0.717, 1.165) is 0 Å². The molecule has 0 amide bonds. The van der Waals surface area contributed by atoms with E-state index in [9.17, 15) is 9.59 Å². The third kappa shape index (κ3) is 76.4. The Balaban J connectivity index is -0.0000000922. The summed E-state index contributed by atoms with van der Waals surface area (Å²) in [5.41, 5.74) is 0. The number of aliphatic hydroxyl groups is 2. The van der Waals surface area contributed by atoms with E-state index < -0.39 is 5.97 Å². The van der Waals surface area contributed by atoms with Gasteiger partial charge >= 0.3 is 23.3 Å². The van der Waals surface area contributed by atoms with Crippen LogP contribution >= 0.6 is 0 Å². The summed E-state index contributed by atoms with van der Waals surface area (Å²) in [4.78, 5) is 20.6. The van der Waals surface area contributed by atoms with Crippen LogP contribution in [0.4, 0.5) is 0 Å². The molecule has 0 rings (SSSR count). The fourth-order valence-corrected chi connectivity index (χ4v) is 0.415. The van der Waals surface area contributed by atoms with Gasteiger partial charge in [-0.3, -0.25) is 9.59 Å². The normalized spacial score (nSPS) is 8.33. The molecule has 104 valence electrons. The molecule has 0 aromatic rings. The number of Topliss-reactive ketones (excluding diaryl/α,β-unsaturated/α-hetero) is 1. The molecule has 0 radical (unpaired) electrons. The fourth-order valence-electron chi connectivity index (χ4n) is 0.415. The van der Waals surface area contributed by atoms with Gasteiger partial charge in [-0.15, -0.1) is 0 Å². The third-order valence-electron chi connectivity index (χ3n) is 0.699. The average molecular weight is 277 g/mol. The number of ketones is 1. The van der Waals surface area contributed by atoms with Gasteiger partial charge in [-0.05, 0) is 41.5 Å². The predicted octanol–water partition coefficient (Wildman–Crippen LogP) is 0.922. The number of rotatable bonds is 3. The van der Waals surface area contributed by atoms with Crippen molar-refractivity contribution in [1.29, 1.82) is 0 Å². The molecular formula is C12H26AlO5+3. The van der Waals surface area contributed by atoms with Crippen LogP contribution in [0.15, 0.2) is 0 Å². The Hall–Kier alpha value is -0.408. The van der Waals surface area contributed by atoms with Gasteiger partial charge in [0.25, 0.3) is 0 Å². The van der Waals surface area contributed by atoms with Gasteiger partial charge in [-0.25, -0.2) is 0 Å². The smallest absolute Gasteiger partial charge is 0.466 e. The largest absolute Gasteiger partial charge is 3.00 e. The summed E-state index contributed by atoms with van der Waals surface area (Å²) in [6, 6.07) is 0. The van der Waals surface area contributed by atoms with Gasteiger partial charge in [0.2, 0.25) is 0 Å². The molecule has 0 aliphatic carbocycles. The molecule has 18 heavy (non-hydrogen) atoms. The summed E-state index contributed by atoms with van der Waals surface area (Å²) in [5.74, 6) is -0.599. The summed E-state index contributed by atoms with van der Waals surface area (Å²) in [6.07, 6.45) is -0.437. The molecule has 5 nitrogen and oxygen atoms in total. The average Bonchev–Trinajstić information content (AvgIpc) is 1.99. The first-order chi connectivity index (χ1) is 7.63. The molecule has 0 saturated carbocycles. The van der Waals surface area contributed by atoms with Crippen molar-refractivity contribution in [2.75, 3.05) is 6.61 Å². The van der Waals surface area contributed by atoms with E-state index in [1.807, 2.05) is 0 Å². The van der Waals surface area contributed by atoms with E-state index in [-0.39, 0.29) is 41.8 Å². The van der Waals surface area contributed by atoms with E-state index in [2.05, 4.69) is 4.74 Å². The minimum Gasteiger partial charge on any atom is -0.466 e. The van der Waals surface area contributed by atoms with Gasteiger partial charge < -0.3 is 14.9 Å². The first kappa shape index (κ1) is 26.2. The van der Waals surface area contributed by atoms with Crippen molar-refractivity contribution >= 4 is 29.1 Å². The quantitative estimate of drug-likeness (QED) is 0.455. The van der Waals surface area contributed by atoms with Crippen LogP contribution in [0.3, 0.4) is 0 Å². The predicted molar refractivity (Wildman–Crippen MR) is 72.4 cm³/mol. The second kappa shape index (κ2) is 18.9. The van der Waals surface area contributed by atoms with E-state index in [4.69, 9.17) is 10.2 Å². The van der Waals surface area contributed by atoms with E-state index >= 15 is 0 Å². The standard InChI is InChI=1S/C6H10O3.2C3H8O.Al/c1-3-9-6(8)4-5(2)7;2*1-3(2)4;/h3-4H2,1-2H3;2*3-4H,1-2H3;/q;;;+3. The van der Waals surface area contributed by atoms with Crippen molar-refractivity contribution < 1.29 is 24.5 Å². The van der Waals surface area contributed by atoms with Crippen LogP contribution in [0.1, 0.15) is 48.0 Å². The Bertz CT molecular complexity index is 181. The minimum atomic E-state index is -0.440. The fraction of sp³-hybridized carbons (Fsp3) is 0.833. The summed E-state index contributed by atoms with van der Waals surface area (Å²) in [7, 11) is 0. The zero-order chi connectivity index (χ0) is 14.4. The molecule has 0 aliphatic heterocycles. The number of carbonyl (C=O) groups is 2. The molecule has 0 aromatic carbocycles. The van der Waals surface area contributed by atoms with Crippen LogP contribution in [0.25, 0.3) is 0 Å². The third-order valence-corrected chi connectivity index (χ3v) is 0.699. The Morgan fingerprint density at radius 3 is 1.50 bits per heavy atom. The maximum absolute atomic E-state index is 10.4. The molecule has 6 heteroatoms. The molecule has 0 spiro atoms. The van der Waals surface area contributed by atoms with Crippen LogP contribution in [-0.2, 0) is 14.3 Å². The zero-order valence-electron chi connectivity index (χ0n) is 12.3. The maximum atomic E-state index is 10.4. The molecule has 2 N–H and O–H groups in total. The number of ether oxygens (including phenoxy) is 1. The topological polar surface area (TPSA) is 83.8 Å². The number of hydrogen-bond donors (Lipinski definition) is 2. The summed E-state index contributed by atoms with van der Waals surface area (Å²) >= 11 is 0. The van der Waals surface area contributed by atoms with Gasteiger partial charge in [0.15, 0.2) is 0 Å². The molecule has 0 fully saturated rings. The van der Waals surface area contributed by atoms with Crippen molar-refractivity contribution in [3.8, 4) is 0 Å². The van der Waals surface area contributed by atoms with Gasteiger partial charge in [-0.2, -0.15) is 0 Å². The van der Waals surface area contributed by atoms with Gasteiger partial charge in [0, 0.05) is 12.2 Å². The van der Waals surface area contributed by atoms with Crippen molar-refractivity contribution in [2.24, 2.45) is 0 Å². The first-order valence-corrected chi connectivity index (χ1v) is 5.64. The molecular weight excluding hydrogens is 251 g/mol. The summed E-state index contributed by atoms with van der Waals surface area (Å²) in [5, 5.41) is 16.1. The van der Waals surface area contributed by atoms with E-state index in [0.29, 0.717) is 6.61 Å². The number of hydrogen-bond acceptors (Lipinski definition) is 5. The molecule has 0 bridgehead atoms. The van der Waals surface area contributed by atoms with E-state index in [1.165, 1.54) is 6.92 Å². The summed E-state index contributed by atoms with van der Waals surface area (Å²) < 4.78 is 4.49. The SMILES string of the molecule is CC(C)O.CC(C)O.CCOC(=O)CC(C)=O.[Al+3]. The number of carbonyl (C=O) groups excluding carboxylic acids is 2. The van der Waals surface area contributed by atoms with Crippen LogP contribution in [0.2, 0.25) is 0 Å². The Kier molecular flexibility index (Phi) is 27.6. The van der Waals surface area contributed by atoms with Crippen molar-refractivity contribution in [3.63, 3.8) is 0 Å². The maximum Gasteiger partial charge on any atom is 3.00 e. The van der Waals surface area contributed by atoms with Gasteiger partial charge in [0.05, 0.1) is 6.61 Å². The Labute approximate surface area is 121 Å². The molecule has 0 saturated heterocycles. The summed E-state index contributed by atoms with van der Waals surface area (Å²) in [6.45, 7) is 10.3. The van der Waals surface area contributed by atoms with Crippen LogP contribution < -0.4 is 0 Å². The van der Waals surface area contributed by atoms with Crippen LogP contribution in [-0.4, -0.2) is 58.1 Å². The first-order valence-electron chi connectivity index (χ1n) is 5.64. The van der Waals surface area contributed by atoms with Crippen molar-refractivity contribution in [3.05, 3.63) is 0 Å². The van der Waals surface area contributed by atoms with Gasteiger partial charge in [-0.1, -0.05) is 0 Å².